The number of benzene rings is 2. The van der Waals surface area contributed by atoms with E-state index >= 15 is 0 Å². The molecule has 0 radical (unpaired) electrons. The van der Waals surface area contributed by atoms with E-state index in [2.05, 4.69) is 144 Å². The van der Waals surface area contributed by atoms with Gasteiger partial charge in [-0.05, 0) is 45.6 Å². The van der Waals surface area contributed by atoms with E-state index in [1.165, 1.54) is 11.1 Å². The highest BCUT2D eigenvalue weighted by Crippen LogP contribution is 2.69. The predicted molar refractivity (Wildman–Crippen MR) is 163 cm³/mol. The zero-order chi connectivity index (χ0) is 28.3. The summed E-state index contributed by atoms with van der Waals surface area (Å²) in [6.07, 6.45) is 4.42. The Bertz CT molecular complexity index is 968. The van der Waals surface area contributed by atoms with Crippen molar-refractivity contribution >= 4 is 0 Å². The molecule has 0 aliphatic heterocycles. The molecule has 0 aromatic heterocycles. The van der Waals surface area contributed by atoms with E-state index in [0.717, 1.165) is 32.1 Å². The van der Waals surface area contributed by atoms with Crippen LogP contribution in [0.4, 0.5) is 0 Å². The van der Waals surface area contributed by atoms with E-state index in [1.807, 2.05) is 0 Å². The molecule has 2 rings (SSSR count). The van der Waals surface area contributed by atoms with Gasteiger partial charge in [0.2, 0.25) is 0 Å². The summed E-state index contributed by atoms with van der Waals surface area (Å²) in [6.45, 7) is 28.6. The summed E-state index contributed by atoms with van der Waals surface area (Å²) in [6, 6.07) is 22.0. The molecule has 0 aliphatic carbocycles. The smallest absolute Gasteiger partial charge is 0.0679 e. The Balaban J connectivity index is 3.11. The van der Waals surface area contributed by atoms with Crippen LogP contribution in [0.5, 0.6) is 0 Å². The van der Waals surface area contributed by atoms with Crippen LogP contribution in [0.2, 0.25) is 0 Å². The van der Waals surface area contributed by atoms with E-state index in [0.29, 0.717) is 0 Å². The Labute approximate surface area is 230 Å². The molecule has 0 fully saturated rings. The van der Waals surface area contributed by atoms with Crippen molar-refractivity contribution in [2.75, 3.05) is 0 Å². The number of aliphatic hydroxyl groups excluding tert-OH is 1. The van der Waals surface area contributed by atoms with Crippen LogP contribution in [-0.2, 0) is 10.8 Å². The normalized spacial score (nSPS) is 17.6. The van der Waals surface area contributed by atoms with E-state index in [-0.39, 0.29) is 32.5 Å². The van der Waals surface area contributed by atoms with Crippen molar-refractivity contribution in [3.63, 3.8) is 0 Å². The van der Waals surface area contributed by atoms with Gasteiger partial charge in [0, 0.05) is 10.8 Å². The Hall–Kier alpha value is -1.60. The molecule has 0 bridgehead atoms. The maximum atomic E-state index is 13.5. The number of rotatable bonds is 13. The highest BCUT2D eigenvalue weighted by Gasteiger charge is 2.68. The van der Waals surface area contributed by atoms with Crippen molar-refractivity contribution in [1.82, 2.24) is 0 Å². The average molecular weight is 507 g/mol. The fourth-order valence-electron chi connectivity index (χ4n) is 8.69. The lowest BCUT2D eigenvalue weighted by Gasteiger charge is -2.68. The maximum Gasteiger partial charge on any atom is 0.0679 e. The molecule has 0 saturated heterocycles. The summed E-state index contributed by atoms with van der Waals surface area (Å²) in [5.74, 6) is 0. The van der Waals surface area contributed by atoms with Crippen LogP contribution in [0, 0.1) is 21.7 Å². The second kappa shape index (κ2) is 11.3. The first-order valence-corrected chi connectivity index (χ1v) is 14.9. The van der Waals surface area contributed by atoms with Gasteiger partial charge in [0.15, 0.2) is 0 Å². The van der Waals surface area contributed by atoms with Gasteiger partial charge in [-0.3, -0.25) is 0 Å². The van der Waals surface area contributed by atoms with Crippen LogP contribution < -0.4 is 0 Å². The minimum absolute atomic E-state index is 0.0984. The second-order valence-corrected chi connectivity index (χ2v) is 13.9. The summed E-state index contributed by atoms with van der Waals surface area (Å²) < 4.78 is 0. The summed E-state index contributed by atoms with van der Waals surface area (Å²) in [7, 11) is 0. The van der Waals surface area contributed by atoms with Gasteiger partial charge in [-0.2, -0.15) is 0 Å². The first-order valence-electron chi connectivity index (χ1n) is 14.9. The summed E-state index contributed by atoms with van der Waals surface area (Å²) in [5.41, 5.74) is 1.20. The van der Waals surface area contributed by atoms with Crippen LogP contribution in [0.3, 0.4) is 0 Å². The molecule has 1 nitrogen and oxygen atoms in total. The number of aliphatic hydroxyl groups is 1. The van der Waals surface area contributed by atoms with Crippen molar-refractivity contribution in [2.45, 2.75) is 132 Å². The van der Waals surface area contributed by atoms with Gasteiger partial charge in [0.05, 0.1) is 6.10 Å². The Kier molecular flexibility index (Phi) is 9.61. The Morgan fingerprint density at radius 1 is 0.541 bits per heavy atom. The van der Waals surface area contributed by atoms with Gasteiger partial charge in [0.25, 0.3) is 0 Å². The molecular formula is C36H58O. The highest BCUT2D eigenvalue weighted by molar-refractivity contribution is 5.35. The molecular weight excluding hydrogens is 448 g/mol. The van der Waals surface area contributed by atoms with Crippen molar-refractivity contribution in [3.8, 4) is 0 Å². The molecule has 1 N–H and O–H groups in total. The predicted octanol–water partition coefficient (Wildman–Crippen LogP) is 10.4. The van der Waals surface area contributed by atoms with E-state index < -0.39 is 6.10 Å². The standard InChI is InChI=1S/C36H58O/c1-13-27-36(32(7,8)15-3,34(11,12)29-25-21-18-22-26-29)30(37)35(16-4,31(5,6)14-2)33(9,10)28-23-19-17-20-24-28/h17-26,30,37H,13-16,27H2,1-12H3. The van der Waals surface area contributed by atoms with Gasteiger partial charge in [-0.15, -0.1) is 0 Å². The first kappa shape index (κ1) is 31.6. The lowest BCUT2D eigenvalue weighted by Crippen LogP contribution is -2.69. The van der Waals surface area contributed by atoms with Crippen LogP contribution in [0.15, 0.2) is 60.7 Å². The molecule has 2 aromatic carbocycles. The summed E-state index contributed by atoms with van der Waals surface area (Å²) in [4.78, 5) is 0. The van der Waals surface area contributed by atoms with Crippen LogP contribution in [0.1, 0.15) is 126 Å². The molecule has 3 atom stereocenters. The van der Waals surface area contributed by atoms with E-state index in [1.54, 1.807) is 0 Å². The average Bonchev–Trinajstić information content (AvgIpc) is 2.88. The monoisotopic (exact) mass is 506 g/mol. The molecule has 0 heterocycles. The Morgan fingerprint density at radius 2 is 0.892 bits per heavy atom. The van der Waals surface area contributed by atoms with Crippen molar-refractivity contribution in [2.24, 2.45) is 21.7 Å². The molecule has 37 heavy (non-hydrogen) atoms. The first-order chi connectivity index (χ1) is 17.1. The molecule has 0 amide bonds. The molecule has 1 heteroatoms. The minimum atomic E-state index is -0.528. The molecule has 0 saturated carbocycles. The molecule has 0 aliphatic rings. The van der Waals surface area contributed by atoms with Gasteiger partial charge in [-0.25, -0.2) is 0 Å². The van der Waals surface area contributed by atoms with E-state index in [4.69, 9.17) is 0 Å². The zero-order valence-electron chi connectivity index (χ0n) is 26.3. The molecule has 208 valence electrons. The fourth-order valence-corrected chi connectivity index (χ4v) is 8.69. The molecule has 0 spiro atoms. The maximum absolute atomic E-state index is 13.5. The quantitative estimate of drug-likeness (QED) is 0.286. The molecule has 2 aromatic rings. The minimum Gasteiger partial charge on any atom is -0.392 e. The molecule has 3 unspecified atom stereocenters. The topological polar surface area (TPSA) is 20.2 Å². The third-order valence-electron chi connectivity index (χ3n) is 11.5. The summed E-state index contributed by atoms with van der Waals surface area (Å²) in [5, 5.41) is 13.5. The zero-order valence-corrected chi connectivity index (χ0v) is 26.3. The number of hydrogen-bond donors (Lipinski definition) is 1. The van der Waals surface area contributed by atoms with Gasteiger partial charge >= 0.3 is 0 Å². The Morgan fingerprint density at radius 3 is 1.22 bits per heavy atom. The lowest BCUT2D eigenvalue weighted by molar-refractivity contribution is -0.224. The largest absolute Gasteiger partial charge is 0.392 e. The van der Waals surface area contributed by atoms with Crippen LogP contribution in [-0.4, -0.2) is 11.2 Å². The van der Waals surface area contributed by atoms with Crippen molar-refractivity contribution in [1.29, 1.82) is 0 Å². The highest BCUT2D eigenvalue weighted by atomic mass is 16.3. The SMILES string of the molecule is CCCC(C(O)C(CC)(C(C)(C)CC)C(C)(C)c1ccccc1)(C(C)(C)CC)C(C)(C)c1ccccc1. The van der Waals surface area contributed by atoms with Crippen molar-refractivity contribution in [3.05, 3.63) is 71.8 Å². The van der Waals surface area contributed by atoms with Crippen molar-refractivity contribution < 1.29 is 5.11 Å². The number of hydrogen-bond acceptors (Lipinski definition) is 1. The van der Waals surface area contributed by atoms with Gasteiger partial charge < -0.3 is 5.11 Å². The fraction of sp³-hybridized carbons (Fsp3) is 0.667. The van der Waals surface area contributed by atoms with Gasteiger partial charge in [0.1, 0.15) is 0 Å². The third kappa shape index (κ3) is 4.73. The second-order valence-electron chi connectivity index (χ2n) is 13.9. The van der Waals surface area contributed by atoms with Gasteiger partial charge in [-0.1, -0.05) is 163 Å². The van der Waals surface area contributed by atoms with E-state index in [9.17, 15) is 5.11 Å². The van der Waals surface area contributed by atoms with Crippen LogP contribution in [0.25, 0.3) is 0 Å². The van der Waals surface area contributed by atoms with Crippen LogP contribution >= 0.6 is 0 Å². The lowest BCUT2D eigenvalue weighted by atomic mass is 9.37. The third-order valence-corrected chi connectivity index (χ3v) is 11.5. The summed E-state index contributed by atoms with van der Waals surface area (Å²) >= 11 is 0.